The number of rotatable bonds is 10. The van der Waals surface area contributed by atoms with Gasteiger partial charge in [0.05, 0.1) is 30.4 Å². The number of fused-ring (bicyclic) bond motifs is 1. The Hall–Kier alpha value is -5.36. The van der Waals surface area contributed by atoms with Gasteiger partial charge in [0.1, 0.15) is 5.75 Å². The van der Waals surface area contributed by atoms with Crippen LogP contribution in [0.2, 0.25) is 0 Å². The molecule has 4 aromatic carbocycles. The molecule has 12 heteroatoms. The van der Waals surface area contributed by atoms with E-state index in [0.717, 1.165) is 28.2 Å². The van der Waals surface area contributed by atoms with E-state index in [1.165, 1.54) is 7.11 Å². The molecule has 0 atom stereocenters. The van der Waals surface area contributed by atoms with E-state index < -0.39 is 16.1 Å². The number of nitrogens with zero attached hydrogens (tertiary/aromatic N) is 3. The van der Waals surface area contributed by atoms with E-state index in [1.54, 1.807) is 36.5 Å². The number of hydrogen-bond donors (Lipinski definition) is 3. The predicted octanol–water partition coefficient (Wildman–Crippen LogP) is 7.38. The summed E-state index contributed by atoms with van der Waals surface area (Å²) in [4.78, 5) is 24.4. The summed E-state index contributed by atoms with van der Waals surface area (Å²) in [6.07, 6.45) is 2.71. The van der Waals surface area contributed by atoms with Crippen molar-refractivity contribution < 1.29 is 22.7 Å². The van der Waals surface area contributed by atoms with Crippen molar-refractivity contribution in [2.45, 2.75) is 32.7 Å². The summed E-state index contributed by atoms with van der Waals surface area (Å²) >= 11 is 0. The molecule has 0 spiro atoms. The van der Waals surface area contributed by atoms with Crippen LogP contribution in [0, 0.1) is 0 Å². The maximum Gasteiger partial charge on any atom is 0.323 e. The molecule has 3 N–H and O–H groups in total. The van der Waals surface area contributed by atoms with Crippen molar-refractivity contribution in [3.8, 4) is 17.4 Å². The Bertz CT molecular complexity index is 2010. The predicted molar refractivity (Wildman–Crippen MR) is 187 cm³/mol. The van der Waals surface area contributed by atoms with Gasteiger partial charge >= 0.3 is 6.03 Å². The fourth-order valence-corrected chi connectivity index (χ4v) is 5.56. The van der Waals surface area contributed by atoms with Crippen molar-refractivity contribution in [3.05, 3.63) is 102 Å². The fourth-order valence-electron chi connectivity index (χ4n) is 5.01. The summed E-state index contributed by atoms with van der Waals surface area (Å²) in [5.74, 6) is 1.64. The summed E-state index contributed by atoms with van der Waals surface area (Å²) in [5, 5.41) is 7.26. The van der Waals surface area contributed by atoms with E-state index in [1.807, 2.05) is 87.3 Å². The highest BCUT2D eigenvalue weighted by molar-refractivity contribution is 7.92. The first-order valence-corrected chi connectivity index (χ1v) is 16.8. The first-order chi connectivity index (χ1) is 22.3. The molecule has 1 heterocycles. The maximum atomic E-state index is 13.4. The lowest BCUT2D eigenvalue weighted by atomic mass is 9.86. The van der Waals surface area contributed by atoms with Crippen molar-refractivity contribution in [1.82, 2.24) is 9.97 Å². The van der Waals surface area contributed by atoms with E-state index in [2.05, 4.69) is 25.3 Å². The Morgan fingerprint density at radius 2 is 1.53 bits per heavy atom. The normalized spacial score (nSPS) is 11.5. The highest BCUT2D eigenvalue weighted by atomic mass is 32.2. The Balaban J connectivity index is 1.39. The molecule has 2 amide bonds. The second-order valence-corrected chi connectivity index (χ2v) is 13.9. The zero-order chi connectivity index (χ0) is 33.8. The van der Waals surface area contributed by atoms with Crippen LogP contribution in [0.1, 0.15) is 31.9 Å². The van der Waals surface area contributed by atoms with Crippen molar-refractivity contribution in [3.63, 3.8) is 0 Å². The minimum atomic E-state index is -3.62. The number of urea groups is 1. The molecule has 0 aliphatic heterocycles. The number of benzene rings is 4. The highest BCUT2D eigenvalue weighted by Crippen LogP contribution is 2.40. The van der Waals surface area contributed by atoms with Gasteiger partial charge in [-0.25, -0.2) is 18.2 Å². The second-order valence-electron chi connectivity index (χ2n) is 12.1. The minimum Gasteiger partial charge on any atom is -0.492 e. The van der Waals surface area contributed by atoms with Crippen LogP contribution in [-0.4, -0.2) is 44.8 Å². The van der Waals surface area contributed by atoms with E-state index >= 15 is 0 Å². The van der Waals surface area contributed by atoms with Crippen LogP contribution in [0.15, 0.2) is 91.1 Å². The molecule has 0 radical (unpaired) electrons. The van der Waals surface area contributed by atoms with E-state index in [4.69, 9.17) is 9.47 Å². The van der Waals surface area contributed by atoms with Crippen molar-refractivity contribution in [2.75, 3.05) is 40.7 Å². The topological polar surface area (TPSA) is 135 Å². The highest BCUT2D eigenvalue weighted by Gasteiger charge is 2.22. The Morgan fingerprint density at radius 3 is 2.21 bits per heavy atom. The molecular weight excluding hydrogens is 616 g/mol. The monoisotopic (exact) mass is 654 g/mol. The van der Waals surface area contributed by atoms with Crippen LogP contribution in [0.4, 0.5) is 27.8 Å². The number of methoxy groups -OCH3 is 1. The summed E-state index contributed by atoms with van der Waals surface area (Å²) in [6.45, 7) is 6.61. The number of nitrogens with one attached hydrogen (secondary N) is 3. The van der Waals surface area contributed by atoms with Gasteiger partial charge < -0.3 is 25.0 Å². The number of anilines is 4. The quantitative estimate of drug-likeness (QED) is 0.142. The first-order valence-electron chi connectivity index (χ1n) is 14.9. The molecule has 47 heavy (non-hydrogen) atoms. The van der Waals surface area contributed by atoms with Crippen LogP contribution < -0.4 is 29.7 Å². The average molecular weight is 655 g/mol. The van der Waals surface area contributed by atoms with Gasteiger partial charge in [-0.1, -0.05) is 75.4 Å². The molecule has 1 aromatic heterocycles. The molecule has 0 fully saturated rings. The lowest BCUT2D eigenvalue weighted by Gasteiger charge is -2.24. The SMILES string of the molecule is COc1c(NC(=O)Nc2ccc(Oc3ccnc(N(C)Cc4ccccc4)n3)c3ccccc23)cc(C(C)(C)C)cc1NS(C)(=O)=O. The maximum absolute atomic E-state index is 13.4. The average Bonchev–Trinajstić information content (AvgIpc) is 3.01. The van der Waals surface area contributed by atoms with Gasteiger partial charge in [-0.2, -0.15) is 4.98 Å². The molecule has 0 aliphatic rings. The number of carbonyl (C=O) groups excluding carboxylic acids is 1. The number of aromatic nitrogens is 2. The second kappa shape index (κ2) is 13.6. The fraction of sp³-hybridized carbons (Fsp3) is 0.229. The third kappa shape index (κ3) is 8.27. The van der Waals surface area contributed by atoms with Crippen molar-refractivity contribution in [2.24, 2.45) is 0 Å². The van der Waals surface area contributed by atoms with E-state index in [0.29, 0.717) is 35.5 Å². The molecule has 0 aliphatic carbocycles. The molecule has 0 bridgehead atoms. The number of carbonyl (C=O) groups is 1. The molecule has 11 nitrogen and oxygen atoms in total. The lowest BCUT2D eigenvalue weighted by Crippen LogP contribution is -2.22. The smallest absolute Gasteiger partial charge is 0.323 e. The summed E-state index contributed by atoms with van der Waals surface area (Å²) in [7, 11) is -0.282. The van der Waals surface area contributed by atoms with Gasteiger partial charge in [-0.05, 0) is 40.8 Å². The van der Waals surface area contributed by atoms with Crippen molar-refractivity contribution >= 4 is 49.8 Å². The molecular formula is C35H38N6O5S. The molecule has 5 aromatic rings. The van der Waals surface area contributed by atoms with E-state index in [-0.39, 0.29) is 16.9 Å². The van der Waals surface area contributed by atoms with Gasteiger partial charge in [0, 0.05) is 36.6 Å². The molecule has 0 saturated heterocycles. The largest absolute Gasteiger partial charge is 0.492 e. The Kier molecular flexibility index (Phi) is 9.52. The lowest BCUT2D eigenvalue weighted by molar-refractivity contribution is 0.262. The van der Waals surface area contributed by atoms with E-state index in [9.17, 15) is 13.2 Å². The van der Waals surface area contributed by atoms with Crippen LogP contribution in [-0.2, 0) is 22.0 Å². The zero-order valence-electron chi connectivity index (χ0n) is 27.2. The molecule has 244 valence electrons. The first kappa shape index (κ1) is 33.0. The van der Waals surface area contributed by atoms with Gasteiger partial charge in [-0.3, -0.25) is 4.72 Å². The Morgan fingerprint density at radius 1 is 0.872 bits per heavy atom. The number of sulfonamides is 1. The standard InChI is InChI=1S/C35H38N6O5S/c1-35(2,3)24-20-28(32(45-5)29(21-24)40-47(6,43)44)38-34(42)37-27-16-17-30(26-15-11-10-14-25(26)27)46-31-18-19-36-33(39-31)41(4)22-23-12-8-7-9-13-23/h7-21,40H,22H2,1-6H3,(H2,37,38,42). The molecule has 5 rings (SSSR count). The molecule has 0 saturated carbocycles. The third-order valence-electron chi connectivity index (χ3n) is 7.27. The van der Waals surface area contributed by atoms with Crippen LogP contribution >= 0.6 is 0 Å². The van der Waals surface area contributed by atoms with Gasteiger partial charge in [0.15, 0.2) is 5.75 Å². The van der Waals surface area contributed by atoms with Crippen LogP contribution in [0.3, 0.4) is 0 Å². The van der Waals surface area contributed by atoms with Gasteiger partial charge in [-0.15, -0.1) is 0 Å². The van der Waals surface area contributed by atoms with Gasteiger partial charge in [0.25, 0.3) is 0 Å². The number of ether oxygens (including phenoxy) is 2. The number of hydrogen-bond acceptors (Lipinski definition) is 8. The molecule has 0 unspecified atom stereocenters. The summed E-state index contributed by atoms with van der Waals surface area (Å²) in [5.41, 5.74) is 2.66. The minimum absolute atomic E-state index is 0.186. The number of amides is 2. The van der Waals surface area contributed by atoms with Crippen LogP contribution in [0.25, 0.3) is 10.8 Å². The third-order valence-corrected chi connectivity index (χ3v) is 7.86. The summed E-state index contributed by atoms with van der Waals surface area (Å²) in [6, 6.07) is 25.7. The van der Waals surface area contributed by atoms with Crippen molar-refractivity contribution in [1.29, 1.82) is 0 Å². The Labute approximate surface area is 275 Å². The zero-order valence-corrected chi connectivity index (χ0v) is 28.0. The summed E-state index contributed by atoms with van der Waals surface area (Å²) < 4.78 is 38.5. The van der Waals surface area contributed by atoms with Gasteiger partial charge in [0.2, 0.25) is 21.9 Å². The van der Waals surface area contributed by atoms with Crippen LogP contribution in [0.5, 0.6) is 17.4 Å².